The minimum absolute atomic E-state index is 0.227. The van der Waals surface area contributed by atoms with Crippen molar-refractivity contribution in [2.24, 2.45) is 0 Å². The Bertz CT molecular complexity index is 508. The summed E-state index contributed by atoms with van der Waals surface area (Å²) in [5.41, 5.74) is 0.972. The summed E-state index contributed by atoms with van der Waals surface area (Å²) < 4.78 is 6.61. The number of nitrogens with one attached hydrogen (secondary N) is 1. The molecule has 1 fully saturated rings. The van der Waals surface area contributed by atoms with E-state index in [1.807, 2.05) is 18.2 Å². The highest BCUT2D eigenvalue weighted by atomic mass is 35.5. The molecular formula is C11H11ClN2OS. The third-order valence-corrected chi connectivity index (χ3v) is 3.97. The molecule has 1 aromatic carbocycles. The smallest absolute Gasteiger partial charge is 0.113 e. The molecule has 0 spiro atoms. The van der Waals surface area contributed by atoms with Crippen LogP contribution < -0.4 is 5.32 Å². The fourth-order valence-corrected chi connectivity index (χ4v) is 2.97. The van der Waals surface area contributed by atoms with Gasteiger partial charge in [-0.1, -0.05) is 11.6 Å². The summed E-state index contributed by atoms with van der Waals surface area (Å²) in [6.07, 6.45) is 0. The molecule has 1 saturated heterocycles. The normalized spacial score (nSPS) is 21.4. The lowest BCUT2D eigenvalue weighted by Crippen LogP contribution is -2.34. The Morgan fingerprint density at radius 1 is 1.50 bits per heavy atom. The minimum atomic E-state index is 0.227. The highest BCUT2D eigenvalue weighted by Crippen LogP contribution is 2.29. The van der Waals surface area contributed by atoms with E-state index < -0.39 is 0 Å². The zero-order valence-corrected chi connectivity index (χ0v) is 10.1. The van der Waals surface area contributed by atoms with E-state index in [0.717, 1.165) is 28.7 Å². The highest BCUT2D eigenvalue weighted by Gasteiger charge is 2.18. The van der Waals surface area contributed by atoms with Gasteiger partial charge in [0.05, 0.1) is 29.5 Å². The summed E-state index contributed by atoms with van der Waals surface area (Å²) >= 11 is 7.64. The molecule has 3 nitrogen and oxygen atoms in total. The van der Waals surface area contributed by atoms with Crippen molar-refractivity contribution in [3.63, 3.8) is 0 Å². The summed E-state index contributed by atoms with van der Waals surface area (Å²) in [7, 11) is 0. The quantitative estimate of drug-likeness (QED) is 0.850. The number of morpholine rings is 1. The Labute approximate surface area is 102 Å². The van der Waals surface area contributed by atoms with Crippen LogP contribution >= 0.6 is 22.9 Å². The average molecular weight is 255 g/mol. The number of thiazole rings is 1. The Morgan fingerprint density at radius 3 is 3.25 bits per heavy atom. The molecule has 0 bridgehead atoms. The number of fused-ring (bicyclic) bond motifs is 1. The monoisotopic (exact) mass is 254 g/mol. The summed E-state index contributed by atoms with van der Waals surface area (Å²) in [6, 6.07) is 6.05. The van der Waals surface area contributed by atoms with Crippen LogP contribution in [0.4, 0.5) is 0 Å². The van der Waals surface area contributed by atoms with Crippen LogP contribution in [0.1, 0.15) is 11.0 Å². The van der Waals surface area contributed by atoms with Crippen molar-refractivity contribution in [3.05, 3.63) is 28.2 Å². The summed E-state index contributed by atoms with van der Waals surface area (Å²) in [6.45, 7) is 2.38. The van der Waals surface area contributed by atoms with Crippen molar-refractivity contribution >= 4 is 33.2 Å². The first-order valence-corrected chi connectivity index (χ1v) is 6.39. The third-order valence-electron chi connectivity index (χ3n) is 2.59. The molecule has 0 radical (unpaired) electrons. The number of rotatable bonds is 1. The van der Waals surface area contributed by atoms with Crippen LogP contribution in [0.3, 0.4) is 0 Å². The molecule has 0 amide bonds. The van der Waals surface area contributed by atoms with Crippen LogP contribution in [0.25, 0.3) is 10.2 Å². The van der Waals surface area contributed by atoms with E-state index in [4.69, 9.17) is 16.3 Å². The fourth-order valence-electron chi connectivity index (χ4n) is 1.79. The molecule has 1 atom stereocenters. The van der Waals surface area contributed by atoms with E-state index in [1.165, 1.54) is 4.70 Å². The first kappa shape index (κ1) is 10.5. The zero-order valence-electron chi connectivity index (χ0n) is 8.57. The SMILES string of the molecule is Clc1ccc2sc(C3COCCN3)nc2c1. The molecule has 5 heteroatoms. The van der Waals surface area contributed by atoms with Gasteiger partial charge in [0.25, 0.3) is 0 Å². The number of benzene rings is 1. The number of halogens is 1. The number of aromatic nitrogens is 1. The van der Waals surface area contributed by atoms with E-state index in [2.05, 4.69) is 10.3 Å². The van der Waals surface area contributed by atoms with Crippen LogP contribution in [0, 0.1) is 0 Å². The molecule has 3 rings (SSSR count). The molecular weight excluding hydrogens is 244 g/mol. The van der Waals surface area contributed by atoms with E-state index >= 15 is 0 Å². The molecule has 1 aliphatic rings. The van der Waals surface area contributed by atoms with E-state index in [1.54, 1.807) is 11.3 Å². The van der Waals surface area contributed by atoms with E-state index in [9.17, 15) is 0 Å². The van der Waals surface area contributed by atoms with Gasteiger partial charge in [0.15, 0.2) is 0 Å². The second-order valence-corrected chi connectivity index (χ2v) is 5.24. The van der Waals surface area contributed by atoms with Gasteiger partial charge < -0.3 is 10.1 Å². The summed E-state index contributed by atoms with van der Waals surface area (Å²) in [4.78, 5) is 4.59. The average Bonchev–Trinajstić information content (AvgIpc) is 2.73. The van der Waals surface area contributed by atoms with Crippen LogP contribution in [-0.2, 0) is 4.74 Å². The Morgan fingerprint density at radius 2 is 2.44 bits per heavy atom. The molecule has 2 aromatic rings. The number of ether oxygens (including phenoxy) is 1. The maximum Gasteiger partial charge on any atom is 0.113 e. The predicted octanol–water partition coefficient (Wildman–Crippen LogP) is 2.61. The van der Waals surface area contributed by atoms with E-state index in [-0.39, 0.29) is 6.04 Å². The molecule has 0 aliphatic carbocycles. The first-order chi connectivity index (χ1) is 7.83. The van der Waals surface area contributed by atoms with Gasteiger partial charge in [0.2, 0.25) is 0 Å². The number of hydrogen-bond acceptors (Lipinski definition) is 4. The molecule has 1 aliphatic heterocycles. The second kappa shape index (κ2) is 4.30. The van der Waals surface area contributed by atoms with Crippen LogP contribution in [0.5, 0.6) is 0 Å². The van der Waals surface area contributed by atoms with Crippen molar-refractivity contribution in [1.82, 2.24) is 10.3 Å². The van der Waals surface area contributed by atoms with Crippen molar-refractivity contribution in [1.29, 1.82) is 0 Å². The van der Waals surface area contributed by atoms with Gasteiger partial charge in [-0.25, -0.2) is 4.98 Å². The summed E-state index contributed by atoms with van der Waals surface area (Å²) in [5, 5.41) is 5.21. The third kappa shape index (κ3) is 1.94. The number of hydrogen-bond donors (Lipinski definition) is 1. The molecule has 0 saturated carbocycles. The molecule has 2 heterocycles. The van der Waals surface area contributed by atoms with Crippen molar-refractivity contribution in [2.45, 2.75) is 6.04 Å². The fraction of sp³-hybridized carbons (Fsp3) is 0.364. The van der Waals surface area contributed by atoms with Gasteiger partial charge in [-0.15, -0.1) is 11.3 Å². The Hall–Kier alpha value is -0.680. The standard InChI is InChI=1S/C11H11ClN2OS/c12-7-1-2-10-8(5-7)14-11(16-10)9-6-15-4-3-13-9/h1-2,5,9,13H,3-4,6H2. The molecule has 1 N–H and O–H groups in total. The summed E-state index contributed by atoms with van der Waals surface area (Å²) in [5.74, 6) is 0. The minimum Gasteiger partial charge on any atom is -0.378 e. The van der Waals surface area contributed by atoms with Crippen LogP contribution in [-0.4, -0.2) is 24.7 Å². The van der Waals surface area contributed by atoms with Gasteiger partial charge >= 0.3 is 0 Å². The van der Waals surface area contributed by atoms with E-state index in [0.29, 0.717) is 6.61 Å². The molecule has 1 unspecified atom stereocenters. The second-order valence-electron chi connectivity index (χ2n) is 3.75. The van der Waals surface area contributed by atoms with Crippen molar-refractivity contribution < 1.29 is 4.74 Å². The topological polar surface area (TPSA) is 34.1 Å². The van der Waals surface area contributed by atoms with Gasteiger partial charge in [-0.2, -0.15) is 0 Å². The van der Waals surface area contributed by atoms with Gasteiger partial charge in [-0.3, -0.25) is 0 Å². The maximum absolute atomic E-state index is 5.94. The lowest BCUT2D eigenvalue weighted by molar-refractivity contribution is 0.0768. The molecule has 1 aromatic heterocycles. The van der Waals surface area contributed by atoms with Gasteiger partial charge in [0.1, 0.15) is 5.01 Å². The zero-order chi connectivity index (χ0) is 11.0. The Balaban J connectivity index is 1.97. The van der Waals surface area contributed by atoms with Crippen LogP contribution in [0.2, 0.25) is 5.02 Å². The number of nitrogens with zero attached hydrogens (tertiary/aromatic N) is 1. The first-order valence-electron chi connectivity index (χ1n) is 5.20. The lowest BCUT2D eigenvalue weighted by atomic mass is 10.3. The van der Waals surface area contributed by atoms with Crippen LogP contribution in [0.15, 0.2) is 18.2 Å². The predicted molar refractivity (Wildman–Crippen MR) is 66.2 cm³/mol. The molecule has 16 heavy (non-hydrogen) atoms. The lowest BCUT2D eigenvalue weighted by Gasteiger charge is -2.21. The van der Waals surface area contributed by atoms with Gasteiger partial charge in [0, 0.05) is 11.6 Å². The van der Waals surface area contributed by atoms with Gasteiger partial charge in [-0.05, 0) is 18.2 Å². The molecule has 84 valence electrons. The maximum atomic E-state index is 5.94. The highest BCUT2D eigenvalue weighted by molar-refractivity contribution is 7.18. The van der Waals surface area contributed by atoms with Crippen molar-refractivity contribution in [2.75, 3.05) is 19.8 Å². The largest absolute Gasteiger partial charge is 0.378 e. The van der Waals surface area contributed by atoms with Crippen molar-refractivity contribution in [3.8, 4) is 0 Å². The Kier molecular flexibility index (Phi) is 2.81.